The van der Waals surface area contributed by atoms with Gasteiger partial charge in [0.05, 0.1) is 0 Å². The number of primary amides is 1. The van der Waals surface area contributed by atoms with E-state index in [-0.39, 0.29) is 13.2 Å². The number of para-hydroxylation sites is 1. The van der Waals surface area contributed by atoms with Crippen molar-refractivity contribution < 1.29 is 14.6 Å². The molecule has 4 N–H and O–H groups in total. The largest absolute Gasteiger partial charge is 0.491 e. The van der Waals surface area contributed by atoms with Gasteiger partial charge in [0, 0.05) is 12.6 Å². The summed E-state index contributed by atoms with van der Waals surface area (Å²) in [5, 5.41) is 12.3. The Hall–Kier alpha value is -1.59. The minimum absolute atomic E-state index is 0.0633. The molecule has 1 aromatic carbocycles. The van der Waals surface area contributed by atoms with Crippen molar-refractivity contribution in [3.63, 3.8) is 0 Å². The number of aliphatic hydroxyl groups excluding tert-OH is 1. The normalized spacial score (nSPS) is 17.5. The third-order valence-electron chi connectivity index (χ3n) is 3.51. The number of hydrogen-bond acceptors (Lipinski definition) is 4. The summed E-state index contributed by atoms with van der Waals surface area (Å²) in [4.78, 5) is 11.7. The van der Waals surface area contributed by atoms with Gasteiger partial charge in [0.25, 0.3) is 0 Å². The lowest BCUT2D eigenvalue weighted by Gasteiger charge is -2.28. The molecule has 0 bridgehead atoms. The lowest BCUT2D eigenvalue weighted by molar-refractivity contribution is -0.125. The molecular formula is C15H22N2O3. The zero-order valence-electron chi connectivity index (χ0n) is 11.8. The number of aliphatic hydroxyl groups is 1. The van der Waals surface area contributed by atoms with Crippen molar-refractivity contribution in [1.29, 1.82) is 0 Å². The number of hydrogen-bond donors (Lipinski definition) is 3. The summed E-state index contributed by atoms with van der Waals surface area (Å²) < 4.78 is 5.77. The van der Waals surface area contributed by atoms with Gasteiger partial charge in [-0.3, -0.25) is 10.1 Å². The lowest BCUT2D eigenvalue weighted by Crippen LogP contribution is -2.57. The molecule has 1 aliphatic carbocycles. The highest BCUT2D eigenvalue weighted by Crippen LogP contribution is 2.24. The molecule has 1 saturated carbocycles. The topological polar surface area (TPSA) is 84.6 Å². The Kier molecular flexibility index (Phi) is 4.62. The van der Waals surface area contributed by atoms with Crippen LogP contribution in [0.4, 0.5) is 0 Å². The number of nitrogens with two attached hydrogens (primary N) is 1. The summed E-state index contributed by atoms with van der Waals surface area (Å²) in [6.45, 7) is 2.01. The summed E-state index contributed by atoms with van der Waals surface area (Å²) in [6.07, 6.45) is 2.67. The number of carbonyl (C=O) groups is 1. The van der Waals surface area contributed by atoms with E-state index in [1.807, 2.05) is 24.3 Å². The fourth-order valence-corrected chi connectivity index (χ4v) is 2.06. The van der Waals surface area contributed by atoms with Gasteiger partial charge in [-0.1, -0.05) is 18.2 Å². The summed E-state index contributed by atoms with van der Waals surface area (Å²) in [5.41, 5.74) is 5.54. The van der Waals surface area contributed by atoms with Gasteiger partial charge in [-0.15, -0.1) is 0 Å². The van der Waals surface area contributed by atoms with Crippen molar-refractivity contribution in [2.75, 3.05) is 13.2 Å². The molecule has 0 saturated heterocycles. The van der Waals surface area contributed by atoms with Crippen LogP contribution >= 0.6 is 0 Å². The molecule has 1 fully saturated rings. The van der Waals surface area contributed by atoms with Gasteiger partial charge in [0.1, 0.15) is 17.9 Å². The SMILES string of the molecule is CC(COc1ccccc1CCO)(NC1CC1)C(N)=O. The monoisotopic (exact) mass is 278 g/mol. The van der Waals surface area contributed by atoms with Crippen LogP contribution in [-0.2, 0) is 11.2 Å². The first-order chi connectivity index (χ1) is 9.55. The molecule has 20 heavy (non-hydrogen) atoms. The van der Waals surface area contributed by atoms with Crippen molar-refractivity contribution in [3.8, 4) is 5.75 Å². The Morgan fingerprint density at radius 2 is 2.20 bits per heavy atom. The molecule has 0 spiro atoms. The van der Waals surface area contributed by atoms with Crippen LogP contribution in [0.15, 0.2) is 24.3 Å². The van der Waals surface area contributed by atoms with Crippen LogP contribution in [0.1, 0.15) is 25.3 Å². The molecule has 0 heterocycles. The third-order valence-corrected chi connectivity index (χ3v) is 3.51. The summed E-state index contributed by atoms with van der Waals surface area (Å²) >= 11 is 0. The highest BCUT2D eigenvalue weighted by Gasteiger charge is 2.37. The molecular weight excluding hydrogens is 256 g/mol. The molecule has 2 rings (SSSR count). The average molecular weight is 278 g/mol. The minimum Gasteiger partial charge on any atom is -0.491 e. The van der Waals surface area contributed by atoms with Gasteiger partial charge in [-0.25, -0.2) is 0 Å². The second-order valence-electron chi connectivity index (χ2n) is 5.48. The summed E-state index contributed by atoms with van der Waals surface area (Å²) in [5.74, 6) is 0.274. The van der Waals surface area contributed by atoms with Crippen molar-refractivity contribution in [1.82, 2.24) is 5.32 Å². The van der Waals surface area contributed by atoms with Crippen molar-refractivity contribution in [3.05, 3.63) is 29.8 Å². The maximum atomic E-state index is 11.7. The van der Waals surface area contributed by atoms with Gasteiger partial charge in [0.2, 0.25) is 5.91 Å². The van der Waals surface area contributed by atoms with Crippen LogP contribution in [-0.4, -0.2) is 35.8 Å². The Balaban J connectivity index is 2.03. The first-order valence-electron chi connectivity index (χ1n) is 6.94. The predicted molar refractivity (Wildman–Crippen MR) is 76.5 cm³/mol. The molecule has 5 nitrogen and oxygen atoms in total. The van der Waals surface area contributed by atoms with Crippen LogP contribution in [0.5, 0.6) is 5.75 Å². The van der Waals surface area contributed by atoms with Crippen molar-refractivity contribution >= 4 is 5.91 Å². The van der Waals surface area contributed by atoms with Crippen LogP contribution in [0.25, 0.3) is 0 Å². The smallest absolute Gasteiger partial charge is 0.240 e. The molecule has 0 aromatic heterocycles. The Labute approximate surface area is 119 Å². The van der Waals surface area contributed by atoms with E-state index in [0.717, 1.165) is 18.4 Å². The highest BCUT2D eigenvalue weighted by molar-refractivity contribution is 5.84. The second-order valence-corrected chi connectivity index (χ2v) is 5.48. The van der Waals surface area contributed by atoms with E-state index in [9.17, 15) is 4.79 Å². The number of ether oxygens (including phenoxy) is 1. The van der Waals surface area contributed by atoms with Gasteiger partial charge < -0.3 is 15.6 Å². The average Bonchev–Trinajstić information content (AvgIpc) is 3.22. The number of carbonyl (C=O) groups excluding carboxylic acids is 1. The Morgan fingerprint density at radius 3 is 2.80 bits per heavy atom. The van der Waals surface area contributed by atoms with Crippen molar-refractivity contribution in [2.24, 2.45) is 5.73 Å². The van der Waals surface area contributed by atoms with Crippen LogP contribution < -0.4 is 15.8 Å². The quantitative estimate of drug-likeness (QED) is 0.650. The van der Waals surface area contributed by atoms with E-state index in [1.165, 1.54) is 0 Å². The highest BCUT2D eigenvalue weighted by atomic mass is 16.5. The second kappa shape index (κ2) is 6.24. The van der Waals surface area contributed by atoms with Crippen LogP contribution in [0.3, 0.4) is 0 Å². The standard InChI is InChI=1S/C15H22N2O3/c1-15(14(16)19,17-12-6-7-12)10-20-13-5-3-2-4-11(13)8-9-18/h2-5,12,17-18H,6-10H2,1H3,(H2,16,19). The molecule has 1 amide bonds. The van der Waals surface area contributed by atoms with E-state index in [1.54, 1.807) is 6.92 Å². The maximum Gasteiger partial charge on any atom is 0.240 e. The summed E-state index contributed by atoms with van der Waals surface area (Å²) in [7, 11) is 0. The molecule has 1 aromatic rings. The Morgan fingerprint density at radius 1 is 1.50 bits per heavy atom. The summed E-state index contributed by atoms with van der Waals surface area (Å²) in [6, 6.07) is 7.87. The van der Waals surface area contributed by atoms with E-state index in [0.29, 0.717) is 18.2 Å². The molecule has 5 heteroatoms. The van der Waals surface area contributed by atoms with E-state index in [4.69, 9.17) is 15.6 Å². The first-order valence-corrected chi connectivity index (χ1v) is 6.94. The number of rotatable bonds is 8. The number of benzene rings is 1. The van der Waals surface area contributed by atoms with Gasteiger partial charge in [-0.2, -0.15) is 0 Å². The Bertz CT molecular complexity index is 474. The molecule has 1 aliphatic rings. The van der Waals surface area contributed by atoms with E-state index in [2.05, 4.69) is 5.32 Å². The number of amides is 1. The van der Waals surface area contributed by atoms with Crippen LogP contribution in [0, 0.1) is 0 Å². The molecule has 0 radical (unpaired) electrons. The third kappa shape index (κ3) is 3.71. The predicted octanol–water partition coefficient (Wildman–Crippen LogP) is 0.596. The fraction of sp³-hybridized carbons (Fsp3) is 0.533. The zero-order chi connectivity index (χ0) is 14.6. The fourth-order valence-electron chi connectivity index (χ4n) is 2.06. The van der Waals surface area contributed by atoms with E-state index >= 15 is 0 Å². The lowest BCUT2D eigenvalue weighted by atomic mass is 10.0. The maximum absolute atomic E-state index is 11.7. The van der Waals surface area contributed by atoms with Gasteiger partial charge in [0.15, 0.2) is 0 Å². The van der Waals surface area contributed by atoms with Gasteiger partial charge >= 0.3 is 0 Å². The molecule has 110 valence electrons. The zero-order valence-corrected chi connectivity index (χ0v) is 11.8. The molecule has 0 aliphatic heterocycles. The van der Waals surface area contributed by atoms with E-state index < -0.39 is 11.4 Å². The first kappa shape index (κ1) is 14.8. The molecule has 1 unspecified atom stereocenters. The van der Waals surface area contributed by atoms with Crippen LogP contribution in [0.2, 0.25) is 0 Å². The van der Waals surface area contributed by atoms with Crippen molar-refractivity contribution in [2.45, 2.75) is 37.8 Å². The molecule has 1 atom stereocenters. The number of nitrogens with one attached hydrogen (secondary N) is 1. The van der Waals surface area contributed by atoms with Gasteiger partial charge in [-0.05, 0) is 37.8 Å². The minimum atomic E-state index is -0.868.